The number of hydrogen-bond acceptors (Lipinski definition) is 2. The van der Waals surface area contributed by atoms with Gasteiger partial charge in [-0.15, -0.1) is 0 Å². The highest BCUT2D eigenvalue weighted by Crippen LogP contribution is 2.32. The molecule has 0 aromatic heterocycles. The minimum absolute atomic E-state index is 0.843. The van der Waals surface area contributed by atoms with Gasteiger partial charge in [-0.1, -0.05) is 12.8 Å². The second kappa shape index (κ2) is 7.48. The Hall–Kier alpha value is -0.770. The third-order valence-corrected chi connectivity index (χ3v) is 5.13. The standard InChI is InChI=1S/C17H32N4/c1-2-18-17(19-9-7-15-5-6-15)21-12-8-16(14-21)13-20-10-3-4-11-20/h15-16H,2-14H2,1H3,(H,18,19). The van der Waals surface area contributed by atoms with Gasteiger partial charge in [0.25, 0.3) is 0 Å². The van der Waals surface area contributed by atoms with E-state index in [1.165, 1.54) is 77.2 Å². The minimum Gasteiger partial charge on any atom is -0.357 e. The molecule has 3 fully saturated rings. The highest BCUT2D eigenvalue weighted by molar-refractivity contribution is 5.80. The van der Waals surface area contributed by atoms with Gasteiger partial charge >= 0.3 is 0 Å². The summed E-state index contributed by atoms with van der Waals surface area (Å²) in [6.07, 6.45) is 8.31. The lowest BCUT2D eigenvalue weighted by atomic mass is 10.1. The Morgan fingerprint density at radius 1 is 1.10 bits per heavy atom. The molecule has 2 saturated heterocycles. The summed E-state index contributed by atoms with van der Waals surface area (Å²) >= 11 is 0. The number of rotatable bonds is 6. The first-order valence-corrected chi connectivity index (χ1v) is 9.10. The first kappa shape index (κ1) is 15.1. The van der Waals surface area contributed by atoms with Crippen LogP contribution < -0.4 is 5.32 Å². The van der Waals surface area contributed by atoms with Crippen LogP contribution in [0.15, 0.2) is 4.99 Å². The molecule has 0 spiro atoms. The van der Waals surface area contributed by atoms with Crippen LogP contribution in [0.1, 0.15) is 45.4 Å². The van der Waals surface area contributed by atoms with E-state index in [0.29, 0.717) is 0 Å². The van der Waals surface area contributed by atoms with Gasteiger partial charge in [0.1, 0.15) is 0 Å². The molecule has 0 bridgehead atoms. The predicted molar refractivity (Wildman–Crippen MR) is 88.7 cm³/mol. The van der Waals surface area contributed by atoms with E-state index in [2.05, 4.69) is 22.0 Å². The first-order valence-electron chi connectivity index (χ1n) is 9.10. The second-order valence-corrected chi connectivity index (χ2v) is 7.08. The van der Waals surface area contributed by atoms with Gasteiger partial charge in [-0.3, -0.25) is 4.99 Å². The van der Waals surface area contributed by atoms with Crippen molar-refractivity contribution in [1.82, 2.24) is 15.1 Å². The van der Waals surface area contributed by atoms with Gasteiger partial charge in [0, 0.05) is 32.7 Å². The number of nitrogens with zero attached hydrogens (tertiary/aromatic N) is 3. The lowest BCUT2D eigenvalue weighted by Crippen LogP contribution is -2.40. The van der Waals surface area contributed by atoms with Crippen molar-refractivity contribution in [2.75, 3.05) is 45.8 Å². The molecule has 2 aliphatic heterocycles. The monoisotopic (exact) mass is 292 g/mol. The van der Waals surface area contributed by atoms with Crippen LogP contribution in [-0.4, -0.2) is 61.6 Å². The van der Waals surface area contributed by atoms with E-state index in [-0.39, 0.29) is 0 Å². The van der Waals surface area contributed by atoms with Gasteiger partial charge in [0.2, 0.25) is 0 Å². The Morgan fingerprint density at radius 2 is 1.90 bits per heavy atom. The largest absolute Gasteiger partial charge is 0.357 e. The fraction of sp³-hybridized carbons (Fsp3) is 0.941. The van der Waals surface area contributed by atoms with E-state index < -0.39 is 0 Å². The maximum atomic E-state index is 4.86. The quantitative estimate of drug-likeness (QED) is 0.601. The van der Waals surface area contributed by atoms with Crippen LogP contribution in [0.3, 0.4) is 0 Å². The molecule has 120 valence electrons. The predicted octanol–water partition coefficient (Wildman–Crippen LogP) is 2.17. The van der Waals surface area contributed by atoms with Crippen molar-refractivity contribution in [1.29, 1.82) is 0 Å². The molecule has 1 aliphatic carbocycles. The Morgan fingerprint density at radius 3 is 2.62 bits per heavy atom. The second-order valence-electron chi connectivity index (χ2n) is 7.08. The first-order chi connectivity index (χ1) is 10.3. The summed E-state index contributed by atoms with van der Waals surface area (Å²) in [4.78, 5) is 10.0. The molecule has 0 aromatic rings. The van der Waals surface area contributed by atoms with Crippen molar-refractivity contribution in [2.45, 2.75) is 45.4 Å². The normalized spacial score (nSPS) is 27.6. The molecule has 2 heterocycles. The zero-order chi connectivity index (χ0) is 14.5. The molecule has 1 atom stereocenters. The van der Waals surface area contributed by atoms with Gasteiger partial charge < -0.3 is 15.1 Å². The average molecular weight is 292 g/mol. The lowest BCUT2D eigenvalue weighted by Gasteiger charge is -2.23. The van der Waals surface area contributed by atoms with E-state index in [1.807, 2.05) is 0 Å². The van der Waals surface area contributed by atoms with Crippen LogP contribution >= 0.6 is 0 Å². The molecular formula is C17H32N4. The molecular weight excluding hydrogens is 260 g/mol. The topological polar surface area (TPSA) is 30.9 Å². The third-order valence-electron chi connectivity index (χ3n) is 5.13. The number of aliphatic imine (C=N–C) groups is 1. The van der Waals surface area contributed by atoms with Crippen LogP contribution in [0.25, 0.3) is 0 Å². The highest BCUT2D eigenvalue weighted by Gasteiger charge is 2.27. The van der Waals surface area contributed by atoms with Crippen molar-refractivity contribution in [2.24, 2.45) is 16.8 Å². The number of likely N-dealkylation sites (tertiary alicyclic amines) is 2. The van der Waals surface area contributed by atoms with Crippen LogP contribution in [0.5, 0.6) is 0 Å². The zero-order valence-electron chi connectivity index (χ0n) is 13.7. The molecule has 0 aromatic carbocycles. The van der Waals surface area contributed by atoms with E-state index in [9.17, 15) is 0 Å². The fourth-order valence-electron chi connectivity index (χ4n) is 3.69. The van der Waals surface area contributed by atoms with E-state index in [4.69, 9.17) is 4.99 Å². The van der Waals surface area contributed by atoms with E-state index in [1.54, 1.807) is 0 Å². The molecule has 1 unspecified atom stereocenters. The Balaban J connectivity index is 1.46. The van der Waals surface area contributed by atoms with Crippen LogP contribution in [-0.2, 0) is 0 Å². The molecule has 1 N–H and O–H groups in total. The van der Waals surface area contributed by atoms with E-state index >= 15 is 0 Å². The summed E-state index contributed by atoms with van der Waals surface area (Å²) in [6.45, 7) is 10.5. The SMILES string of the molecule is CCNC(=NCCC1CC1)N1CCC(CN2CCCC2)C1. The number of hydrogen-bond donors (Lipinski definition) is 1. The fourth-order valence-corrected chi connectivity index (χ4v) is 3.69. The summed E-state index contributed by atoms with van der Waals surface area (Å²) in [5.41, 5.74) is 0. The molecule has 3 rings (SSSR count). The summed E-state index contributed by atoms with van der Waals surface area (Å²) in [5.74, 6) is 3.00. The van der Waals surface area contributed by atoms with Crippen LogP contribution in [0.4, 0.5) is 0 Å². The van der Waals surface area contributed by atoms with Crippen molar-refractivity contribution in [3.8, 4) is 0 Å². The van der Waals surface area contributed by atoms with Gasteiger partial charge in [0.05, 0.1) is 0 Å². The number of nitrogens with one attached hydrogen (secondary N) is 1. The van der Waals surface area contributed by atoms with E-state index in [0.717, 1.165) is 24.9 Å². The molecule has 3 aliphatic rings. The van der Waals surface area contributed by atoms with Crippen LogP contribution in [0, 0.1) is 11.8 Å². The molecule has 21 heavy (non-hydrogen) atoms. The molecule has 4 heteroatoms. The van der Waals surface area contributed by atoms with Gasteiger partial charge in [0.15, 0.2) is 5.96 Å². The van der Waals surface area contributed by atoms with Crippen molar-refractivity contribution >= 4 is 5.96 Å². The third kappa shape index (κ3) is 4.60. The summed E-state index contributed by atoms with van der Waals surface area (Å²) < 4.78 is 0. The zero-order valence-corrected chi connectivity index (χ0v) is 13.7. The maximum absolute atomic E-state index is 4.86. The minimum atomic E-state index is 0.843. The van der Waals surface area contributed by atoms with Crippen LogP contribution in [0.2, 0.25) is 0 Å². The van der Waals surface area contributed by atoms with Gasteiger partial charge in [-0.25, -0.2) is 0 Å². The van der Waals surface area contributed by atoms with Crippen molar-refractivity contribution < 1.29 is 0 Å². The van der Waals surface area contributed by atoms with Crippen molar-refractivity contribution in [3.05, 3.63) is 0 Å². The maximum Gasteiger partial charge on any atom is 0.193 e. The summed E-state index contributed by atoms with van der Waals surface area (Å²) in [6, 6.07) is 0. The van der Waals surface area contributed by atoms with Gasteiger partial charge in [-0.2, -0.15) is 0 Å². The number of guanidine groups is 1. The molecule has 4 nitrogen and oxygen atoms in total. The van der Waals surface area contributed by atoms with Gasteiger partial charge in [-0.05, 0) is 57.5 Å². The average Bonchev–Trinajstić information content (AvgIpc) is 2.98. The summed E-state index contributed by atoms with van der Waals surface area (Å²) in [7, 11) is 0. The molecule has 0 radical (unpaired) electrons. The Labute approximate surface area is 130 Å². The molecule has 0 amide bonds. The summed E-state index contributed by atoms with van der Waals surface area (Å²) in [5, 5.41) is 3.50. The lowest BCUT2D eigenvalue weighted by molar-refractivity contribution is 0.281. The Kier molecular flexibility index (Phi) is 5.39. The highest BCUT2D eigenvalue weighted by atomic mass is 15.3. The Bertz CT molecular complexity index is 345. The smallest absolute Gasteiger partial charge is 0.193 e. The molecule has 1 saturated carbocycles. The van der Waals surface area contributed by atoms with Crippen molar-refractivity contribution in [3.63, 3.8) is 0 Å².